The van der Waals surface area contributed by atoms with Gasteiger partial charge < -0.3 is 15.2 Å². The van der Waals surface area contributed by atoms with Crippen LogP contribution < -0.4 is 10.1 Å². The van der Waals surface area contributed by atoms with Gasteiger partial charge in [0.05, 0.1) is 5.69 Å². The Bertz CT molecular complexity index is 1070. The topological polar surface area (TPSA) is 87.2 Å². The van der Waals surface area contributed by atoms with Gasteiger partial charge in [0, 0.05) is 23.9 Å². The van der Waals surface area contributed by atoms with Gasteiger partial charge in [0.25, 0.3) is 5.91 Å². The van der Waals surface area contributed by atoms with Gasteiger partial charge in [0.1, 0.15) is 11.5 Å². The Balaban J connectivity index is 1.55. The van der Waals surface area contributed by atoms with E-state index in [1.54, 1.807) is 6.20 Å². The zero-order chi connectivity index (χ0) is 20.8. The van der Waals surface area contributed by atoms with Gasteiger partial charge in [-0.3, -0.25) is 9.89 Å². The molecule has 1 atom stereocenters. The first-order chi connectivity index (χ1) is 13.8. The Morgan fingerprint density at radius 3 is 2.52 bits per heavy atom. The molecule has 1 aliphatic heterocycles. The number of phenolic OH excluding ortho intramolecular Hbond substituents is 1. The number of aromatic nitrogens is 2. The first-order valence-electron chi connectivity index (χ1n) is 9.72. The number of carbonyl (C=O) groups excluding carboxylic acids is 1. The first-order valence-corrected chi connectivity index (χ1v) is 9.72. The van der Waals surface area contributed by atoms with Gasteiger partial charge in [-0.15, -0.1) is 0 Å². The van der Waals surface area contributed by atoms with Crippen molar-refractivity contribution >= 4 is 11.6 Å². The average Bonchev–Trinajstić information content (AvgIpc) is 3.26. The highest BCUT2D eigenvalue weighted by Crippen LogP contribution is 2.43. The van der Waals surface area contributed by atoms with Crippen molar-refractivity contribution in [1.82, 2.24) is 10.2 Å². The van der Waals surface area contributed by atoms with Crippen LogP contribution in [-0.2, 0) is 11.2 Å². The lowest BCUT2D eigenvalue weighted by atomic mass is 9.86. The molecular weight excluding hydrogens is 366 g/mol. The highest BCUT2D eigenvalue weighted by Gasteiger charge is 2.40. The van der Waals surface area contributed by atoms with Crippen LogP contribution in [0.1, 0.15) is 35.6 Å². The zero-order valence-electron chi connectivity index (χ0n) is 17.1. The number of phenols is 1. The fourth-order valence-corrected chi connectivity index (χ4v) is 3.82. The predicted octanol–water partition coefficient (Wildman–Crippen LogP) is 4.43. The van der Waals surface area contributed by atoms with Gasteiger partial charge in [-0.05, 0) is 74.6 Å². The molecule has 6 heteroatoms. The second-order valence-electron chi connectivity index (χ2n) is 7.87. The van der Waals surface area contributed by atoms with Crippen LogP contribution >= 0.6 is 0 Å². The maximum Gasteiger partial charge on any atom is 0.268 e. The summed E-state index contributed by atoms with van der Waals surface area (Å²) in [5.74, 6) is 0.853. The lowest BCUT2D eigenvalue weighted by Crippen LogP contribution is -2.48. The molecule has 3 N–H and O–H groups in total. The number of hydrogen-bond acceptors (Lipinski definition) is 4. The maximum absolute atomic E-state index is 13.1. The molecule has 29 heavy (non-hydrogen) atoms. The third kappa shape index (κ3) is 3.24. The number of carbonyl (C=O) groups is 1. The summed E-state index contributed by atoms with van der Waals surface area (Å²) >= 11 is 0. The summed E-state index contributed by atoms with van der Waals surface area (Å²) in [6, 6.07) is 9.49. The fraction of sp³-hybridized carbons (Fsp3) is 0.304. The smallest absolute Gasteiger partial charge is 0.268 e. The van der Waals surface area contributed by atoms with Crippen molar-refractivity contribution in [3.8, 4) is 22.8 Å². The summed E-state index contributed by atoms with van der Waals surface area (Å²) in [5, 5.41) is 20.2. The van der Waals surface area contributed by atoms with Crippen molar-refractivity contribution < 1.29 is 14.6 Å². The summed E-state index contributed by atoms with van der Waals surface area (Å²) in [7, 11) is 0. The van der Waals surface area contributed by atoms with Crippen LogP contribution in [0.4, 0.5) is 5.69 Å². The molecule has 0 fully saturated rings. The monoisotopic (exact) mass is 391 g/mol. The molecule has 0 radical (unpaired) electrons. The molecule has 1 unspecified atom stereocenters. The lowest BCUT2D eigenvalue weighted by molar-refractivity contribution is -0.131. The quantitative estimate of drug-likeness (QED) is 0.616. The second kappa shape index (κ2) is 6.95. The Hall–Kier alpha value is -3.28. The van der Waals surface area contributed by atoms with Gasteiger partial charge >= 0.3 is 0 Å². The third-order valence-corrected chi connectivity index (χ3v) is 5.95. The van der Waals surface area contributed by atoms with E-state index in [0.717, 1.165) is 39.3 Å². The van der Waals surface area contributed by atoms with Crippen molar-refractivity contribution in [2.45, 2.75) is 46.1 Å². The molecule has 0 aliphatic carbocycles. The van der Waals surface area contributed by atoms with E-state index in [0.29, 0.717) is 24.3 Å². The fourth-order valence-electron chi connectivity index (χ4n) is 3.82. The van der Waals surface area contributed by atoms with Crippen LogP contribution in [0.15, 0.2) is 36.5 Å². The first kappa shape index (κ1) is 19.1. The summed E-state index contributed by atoms with van der Waals surface area (Å²) < 4.78 is 6.25. The van der Waals surface area contributed by atoms with Crippen LogP contribution in [0, 0.1) is 20.8 Å². The minimum Gasteiger partial charge on any atom is -0.507 e. The Morgan fingerprint density at radius 2 is 1.86 bits per heavy atom. The summed E-state index contributed by atoms with van der Waals surface area (Å²) in [6.07, 6.45) is 2.93. The van der Waals surface area contributed by atoms with Gasteiger partial charge in [0.2, 0.25) is 0 Å². The number of nitrogens with one attached hydrogen (secondary N) is 2. The SMILES string of the molecule is Cc1c(C)c2c(c(C)c1O)CCC(C)(C(=O)Nc1ccc(-c3ccn[nH]3)cc1)O2. The number of rotatable bonds is 3. The van der Waals surface area contributed by atoms with E-state index >= 15 is 0 Å². The van der Waals surface area contributed by atoms with Gasteiger partial charge in [-0.2, -0.15) is 5.10 Å². The largest absolute Gasteiger partial charge is 0.507 e. The van der Waals surface area contributed by atoms with E-state index in [2.05, 4.69) is 15.5 Å². The van der Waals surface area contributed by atoms with E-state index in [1.807, 2.05) is 58.0 Å². The molecule has 0 bridgehead atoms. The molecule has 1 amide bonds. The predicted molar refractivity (Wildman–Crippen MR) is 112 cm³/mol. The number of benzene rings is 2. The summed E-state index contributed by atoms with van der Waals surface area (Å²) in [6.45, 7) is 7.51. The normalized spacial score (nSPS) is 18.1. The van der Waals surface area contributed by atoms with E-state index in [4.69, 9.17) is 4.74 Å². The molecule has 2 aromatic carbocycles. The lowest BCUT2D eigenvalue weighted by Gasteiger charge is -2.36. The summed E-state index contributed by atoms with van der Waals surface area (Å²) in [4.78, 5) is 13.1. The summed E-state index contributed by atoms with van der Waals surface area (Å²) in [5.41, 5.74) is 5.15. The highest BCUT2D eigenvalue weighted by atomic mass is 16.5. The van der Waals surface area contributed by atoms with Crippen molar-refractivity contribution in [3.63, 3.8) is 0 Å². The molecule has 0 spiro atoms. The number of anilines is 1. The number of fused-ring (bicyclic) bond motifs is 1. The van der Waals surface area contributed by atoms with Crippen LogP contribution in [0.25, 0.3) is 11.3 Å². The van der Waals surface area contributed by atoms with Crippen molar-refractivity contribution in [2.24, 2.45) is 0 Å². The van der Waals surface area contributed by atoms with Crippen molar-refractivity contribution in [3.05, 3.63) is 58.8 Å². The number of nitrogens with zero attached hydrogens (tertiary/aromatic N) is 1. The molecule has 6 nitrogen and oxygen atoms in total. The van der Waals surface area contributed by atoms with Gasteiger partial charge in [-0.25, -0.2) is 0 Å². The Labute approximate surface area is 169 Å². The Kier molecular flexibility index (Phi) is 4.57. The van der Waals surface area contributed by atoms with Crippen LogP contribution in [0.2, 0.25) is 0 Å². The molecule has 2 heterocycles. The standard InChI is InChI=1S/C23H25N3O3/c1-13-14(2)21-18(15(3)20(13)27)9-11-23(4,29-21)22(28)25-17-7-5-16(6-8-17)19-10-12-24-26-19/h5-8,10,12,27H,9,11H2,1-4H3,(H,24,26)(H,25,28). The van der Waals surface area contributed by atoms with Crippen LogP contribution in [-0.4, -0.2) is 26.8 Å². The number of amides is 1. The third-order valence-electron chi connectivity index (χ3n) is 5.95. The maximum atomic E-state index is 13.1. The minimum atomic E-state index is -0.977. The van der Waals surface area contributed by atoms with E-state index in [1.165, 1.54) is 0 Å². The molecule has 0 saturated heterocycles. The number of hydrogen-bond donors (Lipinski definition) is 3. The Morgan fingerprint density at radius 1 is 1.14 bits per heavy atom. The molecular formula is C23H25N3O3. The van der Waals surface area contributed by atoms with Crippen LogP contribution in [0.5, 0.6) is 11.5 Å². The average molecular weight is 391 g/mol. The molecule has 0 saturated carbocycles. The van der Waals surface area contributed by atoms with Gasteiger partial charge in [-0.1, -0.05) is 12.1 Å². The number of aromatic amines is 1. The van der Waals surface area contributed by atoms with E-state index in [-0.39, 0.29) is 5.91 Å². The number of H-pyrrole nitrogens is 1. The van der Waals surface area contributed by atoms with E-state index in [9.17, 15) is 9.90 Å². The second-order valence-corrected chi connectivity index (χ2v) is 7.87. The number of aromatic hydroxyl groups is 1. The number of ether oxygens (including phenoxy) is 1. The molecule has 150 valence electrons. The van der Waals surface area contributed by atoms with E-state index < -0.39 is 5.60 Å². The van der Waals surface area contributed by atoms with Crippen LogP contribution in [0.3, 0.4) is 0 Å². The zero-order valence-corrected chi connectivity index (χ0v) is 17.1. The van der Waals surface area contributed by atoms with Gasteiger partial charge in [0.15, 0.2) is 5.60 Å². The minimum absolute atomic E-state index is 0.180. The molecule has 1 aromatic heterocycles. The molecule has 4 rings (SSSR count). The van der Waals surface area contributed by atoms with Crippen molar-refractivity contribution in [1.29, 1.82) is 0 Å². The van der Waals surface area contributed by atoms with Crippen molar-refractivity contribution in [2.75, 3.05) is 5.32 Å². The molecule has 1 aliphatic rings. The highest BCUT2D eigenvalue weighted by molar-refractivity contribution is 5.97. The molecule has 3 aromatic rings.